The highest BCUT2D eigenvalue weighted by Gasteiger charge is 2.12. The molecule has 0 aliphatic rings. The van der Waals surface area contributed by atoms with Crippen LogP contribution < -0.4 is 9.64 Å². The van der Waals surface area contributed by atoms with Crippen molar-refractivity contribution in [3.8, 4) is 5.75 Å². The second kappa shape index (κ2) is 7.67. The predicted octanol–water partition coefficient (Wildman–Crippen LogP) is 3.37. The molecule has 0 heterocycles. The highest BCUT2D eigenvalue weighted by atomic mass is 16.6. The van der Waals surface area contributed by atoms with E-state index in [0.717, 1.165) is 18.8 Å². The average molecular weight is 264 g/mol. The van der Waals surface area contributed by atoms with Crippen LogP contribution in [0.25, 0.3) is 0 Å². The first kappa shape index (κ1) is 15.3. The van der Waals surface area contributed by atoms with Crippen LogP contribution in [0, 0.1) is 0 Å². The minimum absolute atomic E-state index is 0.290. The molecule has 0 fully saturated rings. The van der Waals surface area contributed by atoms with Gasteiger partial charge in [-0.15, -0.1) is 0 Å². The maximum Gasteiger partial charge on any atom is 0.415 e. The Morgan fingerprint density at radius 2 is 1.68 bits per heavy atom. The Hall–Kier alpha value is -1.71. The molecule has 0 radical (unpaired) electrons. The molecule has 0 unspecified atom stereocenters. The molecule has 0 N–H and O–H groups in total. The Morgan fingerprint density at radius 3 is 2.21 bits per heavy atom. The smallest absolute Gasteiger partial charge is 0.410 e. The molecule has 19 heavy (non-hydrogen) atoms. The van der Waals surface area contributed by atoms with Crippen LogP contribution >= 0.6 is 0 Å². The summed E-state index contributed by atoms with van der Waals surface area (Å²) in [5, 5.41) is 0. The second-order valence-corrected chi connectivity index (χ2v) is 4.21. The van der Waals surface area contributed by atoms with Gasteiger partial charge in [-0.25, -0.2) is 4.79 Å². The third kappa shape index (κ3) is 4.16. The van der Waals surface area contributed by atoms with Gasteiger partial charge < -0.3 is 14.5 Å². The number of rotatable bonds is 6. The van der Waals surface area contributed by atoms with Crippen LogP contribution in [-0.2, 0) is 0 Å². The minimum Gasteiger partial charge on any atom is -0.410 e. The van der Waals surface area contributed by atoms with Crippen molar-refractivity contribution in [2.45, 2.75) is 27.7 Å². The first-order valence-corrected chi connectivity index (χ1v) is 6.97. The second-order valence-electron chi connectivity index (χ2n) is 4.21. The Balaban J connectivity index is 2.79. The van der Waals surface area contributed by atoms with Crippen molar-refractivity contribution in [3.05, 3.63) is 24.3 Å². The van der Waals surface area contributed by atoms with E-state index in [-0.39, 0.29) is 6.09 Å². The molecule has 1 amide bonds. The van der Waals surface area contributed by atoms with E-state index < -0.39 is 0 Å². The van der Waals surface area contributed by atoms with Gasteiger partial charge in [0.1, 0.15) is 5.75 Å². The summed E-state index contributed by atoms with van der Waals surface area (Å²) in [6.45, 7) is 11.3. The summed E-state index contributed by atoms with van der Waals surface area (Å²) >= 11 is 0. The lowest BCUT2D eigenvalue weighted by molar-refractivity contribution is 0.157. The fraction of sp³-hybridized carbons (Fsp3) is 0.533. The number of benzene rings is 1. The van der Waals surface area contributed by atoms with Crippen molar-refractivity contribution in [1.82, 2.24) is 4.90 Å². The first-order chi connectivity index (χ1) is 9.15. The molecule has 0 aromatic heterocycles. The molecule has 0 aliphatic carbocycles. The van der Waals surface area contributed by atoms with Gasteiger partial charge in [0.2, 0.25) is 0 Å². The fourth-order valence-electron chi connectivity index (χ4n) is 1.98. The van der Waals surface area contributed by atoms with Gasteiger partial charge in [0.25, 0.3) is 0 Å². The molecule has 0 spiro atoms. The third-order valence-corrected chi connectivity index (χ3v) is 3.17. The average Bonchev–Trinajstić information content (AvgIpc) is 2.42. The molecule has 1 rings (SSSR count). The number of anilines is 1. The zero-order valence-electron chi connectivity index (χ0n) is 12.3. The van der Waals surface area contributed by atoms with Crippen LogP contribution in [0.15, 0.2) is 24.3 Å². The van der Waals surface area contributed by atoms with Gasteiger partial charge in [0, 0.05) is 37.9 Å². The summed E-state index contributed by atoms with van der Waals surface area (Å²) in [5.41, 5.74) is 1.08. The maximum absolute atomic E-state index is 11.9. The summed E-state index contributed by atoms with van der Waals surface area (Å²) in [5.74, 6) is 0.598. The lowest BCUT2D eigenvalue weighted by Crippen LogP contribution is -2.33. The van der Waals surface area contributed by atoms with E-state index in [0.29, 0.717) is 18.8 Å². The number of amides is 1. The van der Waals surface area contributed by atoms with Crippen LogP contribution in [0.4, 0.5) is 10.5 Å². The summed E-state index contributed by atoms with van der Waals surface area (Å²) in [7, 11) is 0. The van der Waals surface area contributed by atoms with Crippen molar-refractivity contribution in [2.24, 2.45) is 0 Å². The van der Waals surface area contributed by atoms with Gasteiger partial charge >= 0.3 is 6.09 Å². The van der Waals surface area contributed by atoms with Gasteiger partial charge in [-0.05, 0) is 39.8 Å². The van der Waals surface area contributed by atoms with Crippen molar-refractivity contribution < 1.29 is 9.53 Å². The quantitative estimate of drug-likeness (QED) is 0.789. The van der Waals surface area contributed by atoms with E-state index in [1.807, 2.05) is 38.1 Å². The van der Waals surface area contributed by atoms with E-state index in [4.69, 9.17) is 4.74 Å². The Bertz CT molecular complexity index is 399. The first-order valence-electron chi connectivity index (χ1n) is 6.97. The van der Waals surface area contributed by atoms with Crippen molar-refractivity contribution >= 4 is 11.8 Å². The van der Waals surface area contributed by atoms with Crippen LogP contribution in [0.1, 0.15) is 27.7 Å². The molecule has 1 aromatic carbocycles. The van der Waals surface area contributed by atoms with Gasteiger partial charge in [-0.3, -0.25) is 0 Å². The fourth-order valence-corrected chi connectivity index (χ4v) is 1.98. The lowest BCUT2D eigenvalue weighted by atomic mass is 10.2. The molecule has 106 valence electrons. The highest BCUT2D eigenvalue weighted by molar-refractivity contribution is 5.71. The van der Waals surface area contributed by atoms with E-state index >= 15 is 0 Å². The Labute approximate surface area is 116 Å². The number of nitrogens with zero attached hydrogens (tertiary/aromatic N) is 2. The Morgan fingerprint density at radius 1 is 1.05 bits per heavy atom. The monoisotopic (exact) mass is 264 g/mol. The predicted molar refractivity (Wildman–Crippen MR) is 78.9 cm³/mol. The third-order valence-electron chi connectivity index (χ3n) is 3.17. The van der Waals surface area contributed by atoms with Gasteiger partial charge in [0.05, 0.1) is 0 Å². The molecule has 1 aromatic rings. The number of ether oxygens (including phenoxy) is 1. The van der Waals surface area contributed by atoms with Crippen molar-refractivity contribution in [1.29, 1.82) is 0 Å². The standard InChI is InChI=1S/C15H24N2O2/c1-5-16(6-2)13-10-9-11-14(12-13)19-15(18)17(7-3)8-4/h9-12H,5-8H2,1-4H3. The summed E-state index contributed by atoms with van der Waals surface area (Å²) < 4.78 is 5.40. The van der Waals surface area contributed by atoms with Crippen molar-refractivity contribution in [3.63, 3.8) is 0 Å². The van der Waals surface area contributed by atoms with Crippen LogP contribution in [-0.4, -0.2) is 37.2 Å². The van der Waals surface area contributed by atoms with Gasteiger partial charge in [-0.1, -0.05) is 6.07 Å². The Kier molecular flexibility index (Phi) is 6.19. The lowest BCUT2D eigenvalue weighted by Gasteiger charge is -2.22. The van der Waals surface area contributed by atoms with E-state index in [9.17, 15) is 4.79 Å². The maximum atomic E-state index is 11.9. The normalized spacial score (nSPS) is 10.1. The SMILES string of the molecule is CCN(CC)C(=O)Oc1cccc(N(CC)CC)c1. The largest absolute Gasteiger partial charge is 0.415 e. The molecule has 0 atom stereocenters. The molecule has 0 saturated heterocycles. The number of carbonyl (C=O) groups excluding carboxylic acids is 1. The molecule has 4 nitrogen and oxygen atoms in total. The molecule has 0 aliphatic heterocycles. The molecular weight excluding hydrogens is 240 g/mol. The zero-order valence-corrected chi connectivity index (χ0v) is 12.3. The summed E-state index contributed by atoms with van der Waals surface area (Å²) in [6, 6.07) is 7.67. The van der Waals surface area contributed by atoms with Crippen molar-refractivity contribution in [2.75, 3.05) is 31.1 Å². The number of hydrogen-bond donors (Lipinski definition) is 0. The minimum atomic E-state index is -0.290. The number of carbonyl (C=O) groups is 1. The summed E-state index contributed by atoms with van der Waals surface area (Å²) in [6.07, 6.45) is -0.290. The zero-order chi connectivity index (χ0) is 14.3. The van der Waals surface area contributed by atoms with Crippen LogP contribution in [0.5, 0.6) is 5.75 Å². The summed E-state index contributed by atoms with van der Waals surface area (Å²) in [4.78, 5) is 15.8. The van der Waals surface area contributed by atoms with Gasteiger partial charge in [-0.2, -0.15) is 0 Å². The van der Waals surface area contributed by atoms with Crippen LogP contribution in [0.3, 0.4) is 0 Å². The molecule has 0 bridgehead atoms. The topological polar surface area (TPSA) is 32.8 Å². The van der Waals surface area contributed by atoms with E-state index in [1.165, 1.54) is 0 Å². The molecular formula is C15H24N2O2. The molecule has 0 saturated carbocycles. The number of hydrogen-bond acceptors (Lipinski definition) is 3. The van der Waals surface area contributed by atoms with Crippen LogP contribution in [0.2, 0.25) is 0 Å². The van der Waals surface area contributed by atoms with E-state index in [1.54, 1.807) is 4.90 Å². The molecule has 4 heteroatoms. The van der Waals surface area contributed by atoms with Gasteiger partial charge in [0.15, 0.2) is 0 Å². The van der Waals surface area contributed by atoms with E-state index in [2.05, 4.69) is 18.7 Å². The highest BCUT2D eigenvalue weighted by Crippen LogP contribution is 2.21.